The van der Waals surface area contributed by atoms with Crippen molar-refractivity contribution in [2.45, 2.75) is 0 Å². The number of allylic oxidation sites excluding steroid dienone is 1. The molecule has 0 saturated heterocycles. The first-order chi connectivity index (χ1) is 11.0. The molecule has 0 N–H and O–H groups in total. The molecule has 0 aliphatic heterocycles. The molecule has 1 heterocycles. The largest absolute Gasteiger partial charge is 0.328 e. The molecule has 2 aromatic carbocycles. The Balaban J connectivity index is 2.12. The Labute approximate surface area is 132 Å². The van der Waals surface area contributed by atoms with Gasteiger partial charge in [0, 0.05) is 14.1 Å². The van der Waals surface area contributed by atoms with Crippen LogP contribution in [0, 0.1) is 17.1 Å². The number of hydrogen-bond acceptors (Lipinski definition) is 2. The first-order valence-corrected chi connectivity index (χ1v) is 7.04. The lowest BCUT2D eigenvalue weighted by atomic mass is 10.0. The van der Waals surface area contributed by atoms with Gasteiger partial charge in [-0.05, 0) is 41.5 Å². The number of nitrogens with zero attached hydrogens (tertiary/aromatic N) is 3. The average Bonchev–Trinajstić information content (AvgIpc) is 2.78. The molecule has 23 heavy (non-hydrogen) atoms. The first-order valence-electron chi connectivity index (χ1n) is 7.04. The lowest BCUT2D eigenvalue weighted by Gasteiger charge is -2.01. The van der Waals surface area contributed by atoms with Crippen molar-refractivity contribution in [2.24, 2.45) is 14.1 Å². The van der Waals surface area contributed by atoms with E-state index in [2.05, 4.69) is 6.07 Å². The summed E-state index contributed by atoms with van der Waals surface area (Å²) in [5.74, 6) is -0.341. The third kappa shape index (κ3) is 2.55. The Morgan fingerprint density at radius 2 is 1.74 bits per heavy atom. The Bertz CT molecular complexity index is 1020. The van der Waals surface area contributed by atoms with Crippen LogP contribution in [-0.4, -0.2) is 9.13 Å². The van der Waals surface area contributed by atoms with E-state index in [1.54, 1.807) is 41.4 Å². The zero-order chi connectivity index (χ0) is 16.6. The molecule has 3 rings (SSSR count). The van der Waals surface area contributed by atoms with Crippen LogP contribution in [0.1, 0.15) is 11.1 Å². The Morgan fingerprint density at radius 3 is 2.39 bits per heavy atom. The number of aryl methyl sites for hydroxylation is 2. The minimum atomic E-state index is -0.341. The topological polar surface area (TPSA) is 50.7 Å². The van der Waals surface area contributed by atoms with Crippen LogP contribution in [0.4, 0.5) is 4.39 Å². The van der Waals surface area contributed by atoms with Gasteiger partial charge in [-0.2, -0.15) is 5.26 Å². The summed E-state index contributed by atoms with van der Waals surface area (Å²) < 4.78 is 16.1. The van der Waals surface area contributed by atoms with Crippen LogP contribution in [0.25, 0.3) is 22.7 Å². The van der Waals surface area contributed by atoms with Crippen molar-refractivity contribution >= 4 is 22.7 Å². The van der Waals surface area contributed by atoms with E-state index >= 15 is 0 Å². The van der Waals surface area contributed by atoms with Gasteiger partial charge in [0.2, 0.25) is 0 Å². The molecule has 0 atom stereocenters. The molecule has 0 aliphatic carbocycles. The second kappa shape index (κ2) is 5.58. The lowest BCUT2D eigenvalue weighted by molar-refractivity contribution is 0.627. The van der Waals surface area contributed by atoms with E-state index in [1.807, 2.05) is 18.2 Å². The molecule has 0 bridgehead atoms. The van der Waals surface area contributed by atoms with Crippen LogP contribution in [-0.2, 0) is 14.1 Å². The molecule has 1 aromatic heterocycles. The number of imidazole rings is 1. The number of rotatable bonds is 2. The molecule has 114 valence electrons. The van der Waals surface area contributed by atoms with Crippen molar-refractivity contribution in [3.63, 3.8) is 0 Å². The summed E-state index contributed by atoms with van der Waals surface area (Å²) in [7, 11) is 3.43. The van der Waals surface area contributed by atoms with E-state index in [0.29, 0.717) is 11.1 Å². The van der Waals surface area contributed by atoms with Crippen molar-refractivity contribution in [1.29, 1.82) is 5.26 Å². The zero-order valence-electron chi connectivity index (χ0n) is 12.7. The monoisotopic (exact) mass is 307 g/mol. The van der Waals surface area contributed by atoms with E-state index in [-0.39, 0.29) is 11.5 Å². The van der Waals surface area contributed by atoms with Gasteiger partial charge in [0.25, 0.3) is 0 Å². The summed E-state index contributed by atoms with van der Waals surface area (Å²) in [6.07, 6.45) is 1.73. The zero-order valence-corrected chi connectivity index (χ0v) is 12.7. The van der Waals surface area contributed by atoms with Gasteiger partial charge >= 0.3 is 5.69 Å². The number of hydrogen-bond donors (Lipinski definition) is 0. The van der Waals surface area contributed by atoms with Crippen LogP contribution in [0.2, 0.25) is 0 Å². The minimum absolute atomic E-state index is 0.0971. The lowest BCUT2D eigenvalue weighted by Crippen LogP contribution is -2.19. The summed E-state index contributed by atoms with van der Waals surface area (Å²) in [4.78, 5) is 12.0. The average molecular weight is 307 g/mol. The molecule has 5 heteroatoms. The van der Waals surface area contributed by atoms with Crippen LogP contribution >= 0.6 is 0 Å². The third-order valence-electron chi connectivity index (χ3n) is 3.88. The van der Waals surface area contributed by atoms with E-state index in [1.165, 1.54) is 12.1 Å². The van der Waals surface area contributed by atoms with E-state index in [4.69, 9.17) is 0 Å². The van der Waals surface area contributed by atoms with E-state index in [9.17, 15) is 14.4 Å². The van der Waals surface area contributed by atoms with Crippen molar-refractivity contribution in [1.82, 2.24) is 9.13 Å². The van der Waals surface area contributed by atoms with Gasteiger partial charge in [-0.25, -0.2) is 9.18 Å². The van der Waals surface area contributed by atoms with Gasteiger partial charge in [-0.15, -0.1) is 0 Å². The highest BCUT2D eigenvalue weighted by Gasteiger charge is 2.08. The SMILES string of the molecule is Cn1c(=O)n(C)c2cc(C=C(C#N)c3ccc(F)cc3)ccc21. The quantitative estimate of drug-likeness (QED) is 0.539. The normalized spacial score (nSPS) is 11.7. The first kappa shape index (κ1) is 14.8. The van der Waals surface area contributed by atoms with Crippen LogP contribution < -0.4 is 5.69 Å². The van der Waals surface area contributed by atoms with Gasteiger partial charge in [0.15, 0.2) is 0 Å². The number of fused-ring (bicyclic) bond motifs is 1. The molecule has 0 radical (unpaired) electrons. The molecule has 0 aliphatic rings. The Hall–Kier alpha value is -3.13. The molecule has 0 saturated carbocycles. The second-order valence-electron chi connectivity index (χ2n) is 5.33. The summed E-state index contributed by atoms with van der Waals surface area (Å²) in [6.45, 7) is 0. The highest BCUT2D eigenvalue weighted by molar-refractivity contribution is 5.91. The predicted molar refractivity (Wildman–Crippen MR) is 88.0 cm³/mol. The van der Waals surface area contributed by atoms with Crippen LogP contribution in [0.15, 0.2) is 47.3 Å². The van der Waals surface area contributed by atoms with Gasteiger partial charge in [-0.3, -0.25) is 9.13 Å². The second-order valence-corrected chi connectivity index (χ2v) is 5.33. The molecular weight excluding hydrogens is 293 g/mol. The summed E-state index contributed by atoms with van der Waals surface area (Å²) >= 11 is 0. The fourth-order valence-corrected chi connectivity index (χ4v) is 2.59. The Kier molecular flexibility index (Phi) is 3.59. The molecule has 3 aromatic rings. The maximum absolute atomic E-state index is 13.0. The van der Waals surface area contributed by atoms with Gasteiger partial charge in [0.05, 0.1) is 22.7 Å². The number of benzene rings is 2. The summed E-state index contributed by atoms with van der Waals surface area (Å²) in [5.41, 5.74) is 3.42. The maximum atomic E-state index is 13.0. The highest BCUT2D eigenvalue weighted by atomic mass is 19.1. The summed E-state index contributed by atoms with van der Waals surface area (Å²) in [6, 6.07) is 13.5. The number of halogens is 1. The Morgan fingerprint density at radius 1 is 1.09 bits per heavy atom. The fraction of sp³-hybridized carbons (Fsp3) is 0.111. The predicted octanol–water partition coefficient (Wildman–Crippen LogP) is 3.08. The molecular formula is C18H14FN3O. The van der Waals surface area contributed by atoms with Crippen molar-refractivity contribution in [3.05, 3.63) is 69.9 Å². The minimum Gasteiger partial charge on any atom is -0.295 e. The molecule has 4 nitrogen and oxygen atoms in total. The third-order valence-corrected chi connectivity index (χ3v) is 3.88. The van der Waals surface area contributed by atoms with E-state index < -0.39 is 0 Å². The van der Waals surface area contributed by atoms with Crippen molar-refractivity contribution in [3.8, 4) is 6.07 Å². The molecule has 0 fully saturated rings. The van der Waals surface area contributed by atoms with E-state index in [0.717, 1.165) is 16.6 Å². The molecule has 0 spiro atoms. The van der Waals surface area contributed by atoms with Gasteiger partial charge in [0.1, 0.15) is 5.82 Å². The molecule has 0 unspecified atom stereocenters. The number of aromatic nitrogens is 2. The van der Waals surface area contributed by atoms with Gasteiger partial charge in [-0.1, -0.05) is 18.2 Å². The van der Waals surface area contributed by atoms with Crippen molar-refractivity contribution < 1.29 is 4.39 Å². The standard InChI is InChI=1S/C18H14FN3O/c1-21-16-8-3-12(10-17(16)22(2)18(21)23)9-14(11-20)13-4-6-15(19)7-5-13/h3-10H,1-2H3. The highest BCUT2D eigenvalue weighted by Crippen LogP contribution is 2.21. The van der Waals surface area contributed by atoms with Gasteiger partial charge < -0.3 is 0 Å². The number of nitriles is 1. The summed E-state index contributed by atoms with van der Waals surface area (Å²) in [5, 5.41) is 9.35. The fourth-order valence-electron chi connectivity index (χ4n) is 2.59. The van der Waals surface area contributed by atoms with Crippen LogP contribution in [0.3, 0.4) is 0 Å². The maximum Gasteiger partial charge on any atom is 0.328 e. The molecule has 0 amide bonds. The smallest absolute Gasteiger partial charge is 0.295 e. The van der Waals surface area contributed by atoms with Crippen LogP contribution in [0.5, 0.6) is 0 Å². The van der Waals surface area contributed by atoms with Crippen molar-refractivity contribution in [2.75, 3.05) is 0 Å².